The van der Waals surface area contributed by atoms with Crippen LogP contribution in [0, 0.1) is 19.8 Å². The molecule has 3 heterocycles. The van der Waals surface area contributed by atoms with E-state index in [1.54, 1.807) is 0 Å². The van der Waals surface area contributed by atoms with Gasteiger partial charge in [-0.2, -0.15) is 0 Å². The van der Waals surface area contributed by atoms with E-state index in [0.717, 1.165) is 30.0 Å². The Morgan fingerprint density at radius 2 is 2.04 bits per heavy atom. The Kier molecular flexibility index (Phi) is 6.03. The Morgan fingerprint density at radius 1 is 1.28 bits per heavy atom. The van der Waals surface area contributed by atoms with Crippen LogP contribution in [0.4, 0.5) is 5.13 Å². The zero-order valence-corrected chi connectivity index (χ0v) is 15.7. The molecule has 7 nitrogen and oxygen atoms in total. The van der Waals surface area contributed by atoms with Crippen LogP contribution in [0.5, 0.6) is 0 Å². The summed E-state index contributed by atoms with van der Waals surface area (Å²) in [6.07, 6.45) is 1.85. The van der Waals surface area contributed by atoms with E-state index >= 15 is 0 Å². The monoisotopic (exact) mass is 366 g/mol. The molecule has 0 aliphatic carbocycles. The van der Waals surface area contributed by atoms with Gasteiger partial charge in [-0.25, -0.2) is 4.98 Å². The lowest BCUT2D eigenvalue weighted by atomic mass is 9.96. The maximum Gasteiger partial charge on any atom is 0.240 e. The Hall–Kier alpha value is -1.51. The average molecular weight is 366 g/mol. The number of ether oxygens (including phenoxy) is 1. The first-order chi connectivity index (χ1) is 12.0. The van der Waals surface area contributed by atoms with Gasteiger partial charge in [-0.1, -0.05) is 0 Å². The minimum Gasteiger partial charge on any atom is -0.378 e. The van der Waals surface area contributed by atoms with Gasteiger partial charge in [-0.15, -0.1) is 11.3 Å². The van der Waals surface area contributed by atoms with Crippen LogP contribution in [-0.4, -0.2) is 72.5 Å². The molecule has 8 heteroatoms. The molecule has 138 valence electrons. The van der Waals surface area contributed by atoms with Crippen LogP contribution in [0.15, 0.2) is 0 Å². The predicted molar refractivity (Wildman–Crippen MR) is 96.8 cm³/mol. The molecule has 2 saturated heterocycles. The van der Waals surface area contributed by atoms with Gasteiger partial charge in [0.25, 0.3) is 0 Å². The lowest BCUT2D eigenvalue weighted by Gasteiger charge is -2.35. The first-order valence-corrected chi connectivity index (χ1v) is 9.67. The van der Waals surface area contributed by atoms with E-state index in [9.17, 15) is 9.59 Å². The third-order valence-electron chi connectivity index (χ3n) is 4.82. The summed E-state index contributed by atoms with van der Waals surface area (Å²) in [5, 5.41) is 3.52. The van der Waals surface area contributed by atoms with Crippen LogP contribution in [0.1, 0.15) is 23.4 Å². The van der Waals surface area contributed by atoms with Crippen molar-refractivity contribution in [3.8, 4) is 0 Å². The second-order valence-corrected chi connectivity index (χ2v) is 7.92. The molecule has 0 saturated carbocycles. The number of hydrogen-bond acceptors (Lipinski definition) is 6. The first-order valence-electron chi connectivity index (χ1n) is 8.85. The summed E-state index contributed by atoms with van der Waals surface area (Å²) in [6, 6.07) is 0. The maximum atomic E-state index is 12.7. The van der Waals surface area contributed by atoms with Gasteiger partial charge in [0, 0.05) is 24.5 Å². The lowest BCUT2D eigenvalue weighted by molar-refractivity contribution is -0.141. The smallest absolute Gasteiger partial charge is 0.240 e. The Balaban J connectivity index is 1.50. The molecule has 2 fully saturated rings. The molecule has 1 N–H and O–H groups in total. The van der Waals surface area contributed by atoms with Crippen LogP contribution in [-0.2, 0) is 14.3 Å². The van der Waals surface area contributed by atoms with E-state index in [1.165, 1.54) is 11.3 Å². The van der Waals surface area contributed by atoms with E-state index in [4.69, 9.17) is 4.74 Å². The number of anilines is 1. The highest BCUT2D eigenvalue weighted by Gasteiger charge is 2.30. The number of aromatic nitrogens is 1. The fourth-order valence-electron chi connectivity index (χ4n) is 3.33. The van der Waals surface area contributed by atoms with Crippen molar-refractivity contribution in [2.75, 3.05) is 51.3 Å². The van der Waals surface area contributed by atoms with Crippen molar-refractivity contribution in [2.45, 2.75) is 26.7 Å². The number of aryl methyl sites for hydroxylation is 2. The summed E-state index contributed by atoms with van der Waals surface area (Å²) in [5.41, 5.74) is 0.953. The number of likely N-dealkylation sites (tertiary alicyclic amines) is 1. The molecule has 0 spiro atoms. The van der Waals surface area contributed by atoms with Crippen LogP contribution in [0.25, 0.3) is 0 Å². The molecule has 1 aromatic heterocycles. The van der Waals surface area contributed by atoms with Crippen LogP contribution in [0.3, 0.4) is 0 Å². The van der Waals surface area contributed by atoms with Crippen LogP contribution in [0.2, 0.25) is 0 Å². The third-order valence-corrected chi connectivity index (χ3v) is 5.81. The molecule has 25 heavy (non-hydrogen) atoms. The number of thiazole rings is 1. The number of amides is 2. The summed E-state index contributed by atoms with van der Waals surface area (Å²) in [5.74, 6) is 0.136. The molecule has 3 rings (SSSR count). The van der Waals surface area contributed by atoms with E-state index in [-0.39, 0.29) is 17.7 Å². The first kappa shape index (κ1) is 18.3. The van der Waals surface area contributed by atoms with Crippen LogP contribution >= 0.6 is 11.3 Å². The highest BCUT2D eigenvalue weighted by atomic mass is 32.1. The van der Waals surface area contributed by atoms with Crippen molar-refractivity contribution >= 4 is 28.3 Å². The number of hydrogen-bond donors (Lipinski definition) is 1. The zero-order valence-electron chi connectivity index (χ0n) is 14.9. The minimum atomic E-state index is -0.0618. The topological polar surface area (TPSA) is 74.8 Å². The number of nitrogens with one attached hydrogen (secondary N) is 1. The fourth-order valence-corrected chi connectivity index (χ4v) is 4.16. The van der Waals surface area contributed by atoms with Gasteiger partial charge in [0.05, 0.1) is 31.4 Å². The van der Waals surface area contributed by atoms with Crippen LogP contribution < -0.4 is 5.32 Å². The molecule has 0 aromatic carbocycles. The molecular weight excluding hydrogens is 340 g/mol. The van der Waals surface area contributed by atoms with E-state index in [2.05, 4.69) is 15.2 Å². The Labute approximate surface area is 152 Å². The highest BCUT2D eigenvalue weighted by molar-refractivity contribution is 7.15. The quantitative estimate of drug-likeness (QED) is 0.869. The van der Waals surface area contributed by atoms with E-state index in [0.29, 0.717) is 44.5 Å². The van der Waals surface area contributed by atoms with Crippen molar-refractivity contribution in [1.29, 1.82) is 0 Å². The van der Waals surface area contributed by atoms with Gasteiger partial charge < -0.3 is 15.0 Å². The van der Waals surface area contributed by atoms with Gasteiger partial charge in [-0.3, -0.25) is 14.5 Å². The van der Waals surface area contributed by atoms with E-state index in [1.807, 2.05) is 18.7 Å². The normalized spacial score (nSPS) is 22.0. The van der Waals surface area contributed by atoms with E-state index < -0.39 is 0 Å². The number of morpholine rings is 1. The minimum absolute atomic E-state index is 0.0102. The van der Waals surface area contributed by atoms with Crippen molar-refractivity contribution < 1.29 is 14.3 Å². The lowest BCUT2D eigenvalue weighted by Crippen LogP contribution is -2.49. The van der Waals surface area contributed by atoms with Gasteiger partial charge in [0.2, 0.25) is 11.8 Å². The molecule has 2 amide bonds. The largest absolute Gasteiger partial charge is 0.378 e. The number of carbonyl (C=O) groups is 2. The fraction of sp³-hybridized carbons (Fsp3) is 0.706. The standard InChI is InChI=1S/C17H26N4O3S/c1-12-13(2)25-17(18-12)19-15(22)11-20-5-3-4-14(10-20)16(23)21-6-8-24-9-7-21/h14H,3-11H2,1-2H3,(H,18,19,22). The van der Waals surface area contributed by atoms with Crippen molar-refractivity contribution in [3.05, 3.63) is 10.6 Å². The molecular formula is C17H26N4O3S. The number of rotatable bonds is 4. The Morgan fingerprint density at radius 3 is 2.72 bits per heavy atom. The maximum absolute atomic E-state index is 12.7. The van der Waals surface area contributed by atoms with Gasteiger partial charge in [-0.05, 0) is 33.2 Å². The molecule has 1 unspecified atom stereocenters. The summed E-state index contributed by atoms with van der Waals surface area (Å²) < 4.78 is 5.32. The summed E-state index contributed by atoms with van der Waals surface area (Å²) in [4.78, 5) is 34.4. The van der Waals surface area contributed by atoms with Crippen molar-refractivity contribution in [1.82, 2.24) is 14.8 Å². The predicted octanol–water partition coefficient (Wildman–Crippen LogP) is 1.27. The average Bonchev–Trinajstić information content (AvgIpc) is 2.92. The van der Waals surface area contributed by atoms with Crippen molar-refractivity contribution in [2.24, 2.45) is 5.92 Å². The number of carbonyl (C=O) groups excluding carboxylic acids is 2. The van der Waals surface area contributed by atoms with Gasteiger partial charge in [0.1, 0.15) is 0 Å². The highest BCUT2D eigenvalue weighted by Crippen LogP contribution is 2.22. The Bertz CT molecular complexity index is 608. The molecule has 0 radical (unpaired) electrons. The van der Waals surface area contributed by atoms with Crippen molar-refractivity contribution in [3.63, 3.8) is 0 Å². The number of nitrogens with zero attached hydrogens (tertiary/aromatic N) is 3. The summed E-state index contributed by atoms with van der Waals surface area (Å²) in [7, 11) is 0. The SMILES string of the molecule is Cc1nc(NC(=O)CN2CCCC(C(=O)N3CCOCC3)C2)sc1C. The zero-order chi connectivity index (χ0) is 17.8. The summed E-state index contributed by atoms with van der Waals surface area (Å²) in [6.45, 7) is 8.36. The number of piperidine rings is 1. The van der Waals surface area contributed by atoms with Gasteiger partial charge in [0.15, 0.2) is 5.13 Å². The molecule has 1 atom stereocenters. The van der Waals surface area contributed by atoms with Gasteiger partial charge >= 0.3 is 0 Å². The third kappa shape index (κ3) is 4.77. The summed E-state index contributed by atoms with van der Waals surface area (Å²) >= 11 is 1.49. The molecule has 0 bridgehead atoms. The molecule has 2 aliphatic heterocycles. The molecule has 2 aliphatic rings. The second-order valence-electron chi connectivity index (χ2n) is 6.72. The molecule has 1 aromatic rings. The second kappa shape index (κ2) is 8.25.